The van der Waals surface area contributed by atoms with Crippen LogP contribution in [-0.4, -0.2) is 146 Å². The summed E-state index contributed by atoms with van der Waals surface area (Å²) in [4.78, 5) is 85.0. The highest BCUT2D eigenvalue weighted by molar-refractivity contribution is 6.25. The first kappa shape index (κ1) is 48.6. The number of anilines is 2. The zero-order valence-electron chi connectivity index (χ0n) is 37.8. The molecule has 4 N–H and O–H groups in total. The Morgan fingerprint density at radius 2 is 1.55 bits per heavy atom. The fraction of sp³-hybridized carbons (Fsp3) is 0.490. The molecule has 18 nitrogen and oxygen atoms in total. The number of imide groups is 2. The van der Waals surface area contributed by atoms with Crippen LogP contribution in [0.2, 0.25) is 0 Å². The van der Waals surface area contributed by atoms with E-state index >= 15 is 0 Å². The summed E-state index contributed by atoms with van der Waals surface area (Å²) in [5, 5.41) is 18.2. The first-order valence-electron chi connectivity index (χ1n) is 23.4. The van der Waals surface area contributed by atoms with Crippen LogP contribution in [0.1, 0.15) is 95.3 Å². The smallest absolute Gasteiger partial charge is 0.264 e. The van der Waals surface area contributed by atoms with Gasteiger partial charge in [0.05, 0.1) is 62.9 Å². The molecule has 358 valence electrons. The van der Waals surface area contributed by atoms with Crippen LogP contribution in [0.4, 0.5) is 11.5 Å². The van der Waals surface area contributed by atoms with E-state index in [1.807, 2.05) is 18.3 Å². The summed E-state index contributed by atoms with van der Waals surface area (Å²) in [6.07, 6.45) is 12.9. The van der Waals surface area contributed by atoms with Crippen molar-refractivity contribution >= 4 is 46.8 Å². The van der Waals surface area contributed by atoms with Crippen LogP contribution < -0.4 is 25.6 Å². The maximum absolute atomic E-state index is 13.2. The molecule has 3 fully saturated rings. The summed E-state index contributed by atoms with van der Waals surface area (Å²) >= 11 is 0. The number of fused-ring (bicyclic) bond motifs is 3. The number of rotatable bonds is 28. The molecule has 1 unspecified atom stereocenters. The molecule has 7 rings (SSSR count). The molecule has 67 heavy (non-hydrogen) atoms. The number of unbranched alkanes of at least 4 members (excludes halogenated alkanes) is 5. The Morgan fingerprint density at radius 3 is 2.31 bits per heavy atom. The average molecular weight is 924 g/mol. The number of allylic oxidation sites excluding steroid dienone is 1. The fourth-order valence-corrected chi connectivity index (χ4v) is 8.84. The number of ketones is 1. The van der Waals surface area contributed by atoms with Gasteiger partial charge in [-0.2, -0.15) is 0 Å². The zero-order valence-corrected chi connectivity index (χ0v) is 37.8. The Balaban J connectivity index is 0.636. The van der Waals surface area contributed by atoms with Crippen LogP contribution in [0.5, 0.6) is 11.5 Å². The second-order valence-corrected chi connectivity index (χ2v) is 16.9. The number of ether oxygens (including phenoxy) is 4. The van der Waals surface area contributed by atoms with E-state index in [9.17, 15) is 33.9 Å². The second-order valence-electron chi connectivity index (χ2n) is 16.9. The van der Waals surface area contributed by atoms with E-state index in [0.717, 1.165) is 74.5 Å². The number of hydrogen-bond acceptors (Lipinski definition) is 15. The minimum absolute atomic E-state index is 0.0104. The molecule has 4 aliphatic heterocycles. The number of aromatic nitrogens is 1. The van der Waals surface area contributed by atoms with Crippen molar-refractivity contribution in [2.75, 3.05) is 82.6 Å². The number of phenols is 1. The molecule has 5 heterocycles. The van der Waals surface area contributed by atoms with Gasteiger partial charge in [-0.15, -0.1) is 0 Å². The number of nitrogens with zero attached hydrogens (tertiary/aromatic N) is 4. The lowest BCUT2D eigenvalue weighted by Gasteiger charge is -2.34. The summed E-state index contributed by atoms with van der Waals surface area (Å²) < 4.78 is 22.8. The van der Waals surface area contributed by atoms with E-state index in [1.165, 1.54) is 6.07 Å². The first-order valence-corrected chi connectivity index (χ1v) is 23.4. The number of aromatic hydroxyl groups is 1. The van der Waals surface area contributed by atoms with Crippen LogP contribution in [0.15, 0.2) is 73.1 Å². The molecule has 18 heteroatoms. The Kier molecular flexibility index (Phi) is 17.7. The SMILES string of the molecule is O=C(CCCCCCCCOc1ccnc(N2C[C@H]3C[C@@H]2CN3/C=C/C(=O)c2ccccc2O)c1)NCCOCCOCCOCCNc1cccc2c1C(=O)N(C1CCC(=O)NC1=O)C2=O. The Labute approximate surface area is 390 Å². The second kappa shape index (κ2) is 24.4. The van der Waals surface area contributed by atoms with Crippen LogP contribution in [-0.2, 0) is 28.6 Å². The van der Waals surface area contributed by atoms with Gasteiger partial charge in [0.1, 0.15) is 23.4 Å². The van der Waals surface area contributed by atoms with Gasteiger partial charge >= 0.3 is 0 Å². The van der Waals surface area contributed by atoms with Gasteiger partial charge in [0, 0.05) is 81.3 Å². The van der Waals surface area contributed by atoms with Gasteiger partial charge in [-0.1, -0.05) is 43.9 Å². The number of amides is 5. The fourth-order valence-electron chi connectivity index (χ4n) is 8.84. The summed E-state index contributed by atoms with van der Waals surface area (Å²) in [7, 11) is 0. The van der Waals surface area contributed by atoms with Crippen molar-refractivity contribution in [3.05, 3.63) is 89.8 Å². The number of carbonyl (C=O) groups excluding carboxylic acids is 6. The van der Waals surface area contributed by atoms with Crippen molar-refractivity contribution in [2.45, 2.75) is 82.3 Å². The highest BCUT2D eigenvalue weighted by Gasteiger charge is 2.46. The number of piperidine rings is 1. The number of piperazine rings is 1. The lowest BCUT2D eigenvalue weighted by molar-refractivity contribution is -0.136. The van der Waals surface area contributed by atoms with E-state index in [4.69, 9.17) is 18.9 Å². The van der Waals surface area contributed by atoms with Gasteiger partial charge in [-0.25, -0.2) is 4.98 Å². The number of phenolic OH excluding ortho intramolecular Hbond substituents is 1. The van der Waals surface area contributed by atoms with E-state index in [1.54, 1.807) is 48.7 Å². The number of para-hydroxylation sites is 1. The monoisotopic (exact) mass is 923 g/mol. The van der Waals surface area contributed by atoms with Gasteiger partial charge in [0.15, 0.2) is 5.78 Å². The van der Waals surface area contributed by atoms with Crippen LogP contribution in [0.25, 0.3) is 0 Å². The van der Waals surface area contributed by atoms with Crippen LogP contribution in [0.3, 0.4) is 0 Å². The topological polar surface area (TPSA) is 218 Å². The van der Waals surface area contributed by atoms with E-state index in [2.05, 4.69) is 30.7 Å². The van der Waals surface area contributed by atoms with Crippen molar-refractivity contribution in [2.24, 2.45) is 0 Å². The third-order valence-corrected chi connectivity index (χ3v) is 12.3. The average Bonchev–Trinajstić information content (AvgIpc) is 4.01. The number of benzene rings is 2. The van der Waals surface area contributed by atoms with Gasteiger partial charge in [0.2, 0.25) is 17.7 Å². The molecule has 5 amide bonds. The van der Waals surface area contributed by atoms with Gasteiger partial charge in [-0.05, 0) is 56.0 Å². The summed E-state index contributed by atoms with van der Waals surface area (Å²) in [5.41, 5.74) is 1.19. The molecule has 2 aromatic carbocycles. The predicted octanol–water partition coefficient (Wildman–Crippen LogP) is 4.24. The third kappa shape index (κ3) is 13.2. The standard InChI is InChI=1S/C49H61N7O11/c57-41-13-7-6-10-37(41)42(58)18-22-54-32-35-30-34(54)33-55(35)43-31-36(17-19-51-43)67-23-8-4-2-1-3-5-14-44(59)52-21-25-65-27-29-66-28-26-64-24-20-50-39-12-9-11-38-46(39)49(63)56(48(38)62)40-15-16-45(60)53-47(40)61/h6-7,9-13,17-19,22,31,34-35,40,50,57H,1-5,8,14-16,20-21,23-30,32-33H2,(H,52,59)(H,53,60,61)/b22-18+/t34-,35-,40?/m1/s1. The van der Waals surface area contributed by atoms with Gasteiger partial charge in [-0.3, -0.25) is 39.0 Å². The van der Waals surface area contributed by atoms with Gasteiger partial charge < -0.3 is 44.5 Å². The van der Waals surface area contributed by atoms with E-state index < -0.39 is 29.7 Å². The Hall–Kier alpha value is -6.37. The molecule has 0 spiro atoms. The molecule has 3 saturated heterocycles. The number of hydrogen-bond donors (Lipinski definition) is 4. The van der Waals surface area contributed by atoms with Crippen molar-refractivity contribution in [1.29, 1.82) is 0 Å². The largest absolute Gasteiger partial charge is 0.507 e. The summed E-state index contributed by atoms with van der Waals surface area (Å²) in [5.74, 6) is -0.672. The maximum Gasteiger partial charge on any atom is 0.264 e. The molecule has 3 aromatic rings. The third-order valence-electron chi connectivity index (χ3n) is 12.3. The van der Waals surface area contributed by atoms with Crippen LogP contribution in [0, 0.1) is 0 Å². The molecule has 1 aromatic heterocycles. The molecular formula is C49H61N7O11. The zero-order chi connectivity index (χ0) is 47.0. The highest BCUT2D eigenvalue weighted by atomic mass is 16.5. The molecule has 2 bridgehead atoms. The van der Waals surface area contributed by atoms with Gasteiger partial charge in [0.25, 0.3) is 11.8 Å². The lowest BCUT2D eigenvalue weighted by atomic mass is 10.0. The Morgan fingerprint density at radius 1 is 0.806 bits per heavy atom. The number of nitrogens with one attached hydrogen (secondary N) is 3. The maximum atomic E-state index is 13.2. The summed E-state index contributed by atoms with van der Waals surface area (Å²) in [6, 6.07) is 15.0. The molecule has 0 aliphatic carbocycles. The Bertz CT molecular complexity index is 2260. The number of likely N-dealkylation sites (tertiary alicyclic amines) is 1. The van der Waals surface area contributed by atoms with Crippen molar-refractivity contribution in [3.63, 3.8) is 0 Å². The quantitative estimate of drug-likeness (QED) is 0.0347. The lowest BCUT2D eigenvalue weighted by Crippen LogP contribution is -2.54. The minimum Gasteiger partial charge on any atom is -0.507 e. The predicted molar refractivity (Wildman–Crippen MR) is 247 cm³/mol. The van der Waals surface area contributed by atoms with Crippen LogP contribution >= 0.6 is 0 Å². The molecule has 3 atom stereocenters. The molecule has 4 aliphatic rings. The molecule has 0 radical (unpaired) electrons. The van der Waals surface area contributed by atoms with E-state index in [0.29, 0.717) is 89.1 Å². The van der Waals surface area contributed by atoms with Crippen molar-refractivity contribution < 1.29 is 52.8 Å². The molecule has 0 saturated carbocycles. The number of carbonyl (C=O) groups is 6. The van der Waals surface area contributed by atoms with E-state index in [-0.39, 0.29) is 41.4 Å². The van der Waals surface area contributed by atoms with Crippen molar-refractivity contribution in [1.82, 2.24) is 25.4 Å². The molecular weight excluding hydrogens is 863 g/mol. The first-order chi connectivity index (χ1) is 32.7. The normalized spacial score (nSPS) is 18.8. The number of pyridine rings is 1. The minimum atomic E-state index is -1.02. The summed E-state index contributed by atoms with van der Waals surface area (Å²) in [6.45, 7) is 5.29. The highest BCUT2D eigenvalue weighted by Crippen LogP contribution is 2.35. The van der Waals surface area contributed by atoms with Crippen molar-refractivity contribution in [3.8, 4) is 11.5 Å².